The maximum Gasteiger partial charge on any atom is 0.237 e. The molecule has 2 atom stereocenters. The van der Waals surface area contributed by atoms with Crippen molar-refractivity contribution in [3.05, 3.63) is 22.4 Å². The maximum atomic E-state index is 12.2. The summed E-state index contributed by atoms with van der Waals surface area (Å²) in [5.41, 5.74) is 1.19. The number of carbonyl (C=O) groups excluding carboxylic acids is 1. The van der Waals surface area contributed by atoms with Gasteiger partial charge in [0.15, 0.2) is 0 Å². The van der Waals surface area contributed by atoms with E-state index in [-0.39, 0.29) is 18.0 Å². The second-order valence-corrected chi connectivity index (χ2v) is 5.78. The lowest BCUT2D eigenvalue weighted by Crippen LogP contribution is -2.45. The van der Waals surface area contributed by atoms with Crippen molar-refractivity contribution in [2.24, 2.45) is 0 Å². The molecule has 2 heterocycles. The van der Waals surface area contributed by atoms with E-state index in [9.17, 15) is 4.79 Å². The number of hydrogen-bond donors (Lipinski definition) is 2. The van der Waals surface area contributed by atoms with Crippen LogP contribution in [-0.4, -0.2) is 18.5 Å². The molecule has 1 aliphatic heterocycles. The smallest absolute Gasteiger partial charge is 0.237 e. The zero-order chi connectivity index (χ0) is 12.8. The first kappa shape index (κ1) is 13.6. The van der Waals surface area contributed by atoms with Gasteiger partial charge < -0.3 is 10.6 Å². The van der Waals surface area contributed by atoms with Crippen molar-refractivity contribution in [1.82, 2.24) is 10.6 Å². The molecule has 1 fully saturated rings. The fourth-order valence-electron chi connectivity index (χ4n) is 2.35. The summed E-state index contributed by atoms with van der Waals surface area (Å²) in [7, 11) is 0. The van der Waals surface area contributed by atoms with Crippen LogP contribution in [-0.2, 0) is 4.79 Å². The number of carbonyl (C=O) groups is 1. The zero-order valence-electron chi connectivity index (χ0n) is 10.9. The first-order valence-electron chi connectivity index (χ1n) is 6.83. The van der Waals surface area contributed by atoms with Gasteiger partial charge in [-0.15, -0.1) is 0 Å². The lowest BCUT2D eigenvalue weighted by atomic mass is 10.0. The third-order valence-corrected chi connectivity index (χ3v) is 4.23. The summed E-state index contributed by atoms with van der Waals surface area (Å²) in [5.74, 6) is 0.149. The Kier molecular flexibility index (Phi) is 5.20. The third-order valence-electron chi connectivity index (χ3n) is 3.53. The number of hydrogen-bond acceptors (Lipinski definition) is 3. The van der Waals surface area contributed by atoms with Crippen LogP contribution in [0.1, 0.15) is 50.6 Å². The highest BCUT2D eigenvalue weighted by Gasteiger charge is 2.20. The van der Waals surface area contributed by atoms with E-state index in [1.54, 1.807) is 11.3 Å². The molecule has 2 N–H and O–H groups in total. The first-order chi connectivity index (χ1) is 8.77. The molecule has 0 saturated carbocycles. The largest absolute Gasteiger partial charge is 0.348 e. The van der Waals surface area contributed by atoms with Gasteiger partial charge in [-0.3, -0.25) is 4.79 Å². The minimum atomic E-state index is -0.00798. The van der Waals surface area contributed by atoms with E-state index in [1.165, 1.54) is 24.8 Å². The topological polar surface area (TPSA) is 41.1 Å². The van der Waals surface area contributed by atoms with Crippen molar-refractivity contribution in [3.63, 3.8) is 0 Å². The van der Waals surface area contributed by atoms with Crippen molar-refractivity contribution >= 4 is 17.2 Å². The molecule has 0 aliphatic carbocycles. The highest BCUT2D eigenvalue weighted by molar-refractivity contribution is 7.07. The Morgan fingerprint density at radius 2 is 2.28 bits per heavy atom. The van der Waals surface area contributed by atoms with Gasteiger partial charge in [0.05, 0.1) is 12.1 Å². The molecule has 1 amide bonds. The SMILES string of the molecule is CC(NC(=O)C1CCCCCCN1)c1ccsc1. The predicted molar refractivity (Wildman–Crippen MR) is 75.8 cm³/mol. The molecule has 1 aliphatic rings. The predicted octanol–water partition coefficient (Wildman–Crippen LogP) is 2.85. The standard InChI is InChI=1S/C14H22N2OS/c1-11(12-7-9-18-10-12)16-14(17)13-6-4-2-3-5-8-15-13/h7,9-11,13,15H,2-6,8H2,1H3,(H,16,17). The second kappa shape index (κ2) is 6.90. The molecule has 0 spiro atoms. The van der Waals surface area contributed by atoms with Crippen LogP contribution in [0.4, 0.5) is 0 Å². The van der Waals surface area contributed by atoms with Crippen molar-refractivity contribution in [2.75, 3.05) is 6.54 Å². The van der Waals surface area contributed by atoms with Gasteiger partial charge in [0, 0.05) is 0 Å². The summed E-state index contributed by atoms with van der Waals surface area (Å²) in [5, 5.41) is 10.6. The minimum absolute atomic E-state index is 0.00798. The Morgan fingerprint density at radius 3 is 3.06 bits per heavy atom. The van der Waals surface area contributed by atoms with Gasteiger partial charge >= 0.3 is 0 Å². The van der Waals surface area contributed by atoms with E-state index >= 15 is 0 Å². The average molecular weight is 266 g/mol. The van der Waals surface area contributed by atoms with E-state index in [2.05, 4.69) is 22.1 Å². The summed E-state index contributed by atoms with van der Waals surface area (Å²) >= 11 is 1.67. The van der Waals surface area contributed by atoms with Crippen molar-refractivity contribution < 1.29 is 4.79 Å². The summed E-state index contributed by atoms with van der Waals surface area (Å²) in [6.45, 7) is 3.01. The maximum absolute atomic E-state index is 12.2. The van der Waals surface area contributed by atoms with Crippen LogP contribution in [0.3, 0.4) is 0 Å². The number of rotatable bonds is 3. The molecule has 0 radical (unpaired) electrons. The summed E-state index contributed by atoms with van der Waals surface area (Å²) in [6, 6.07) is 2.17. The van der Waals surface area contributed by atoms with Crippen LogP contribution in [0.5, 0.6) is 0 Å². The van der Waals surface area contributed by atoms with Gasteiger partial charge in [0.1, 0.15) is 0 Å². The molecule has 1 saturated heterocycles. The molecule has 1 aromatic heterocycles. The monoisotopic (exact) mass is 266 g/mol. The quantitative estimate of drug-likeness (QED) is 0.883. The van der Waals surface area contributed by atoms with E-state index in [0.717, 1.165) is 19.4 Å². The van der Waals surface area contributed by atoms with Crippen LogP contribution < -0.4 is 10.6 Å². The average Bonchev–Trinajstić information content (AvgIpc) is 2.81. The number of thiophene rings is 1. The van der Waals surface area contributed by atoms with Crippen LogP contribution in [0.25, 0.3) is 0 Å². The van der Waals surface area contributed by atoms with E-state index in [4.69, 9.17) is 0 Å². The first-order valence-corrected chi connectivity index (χ1v) is 7.77. The molecule has 0 bridgehead atoms. The van der Waals surface area contributed by atoms with E-state index in [0.29, 0.717) is 0 Å². The van der Waals surface area contributed by atoms with Crippen molar-refractivity contribution in [1.29, 1.82) is 0 Å². The van der Waals surface area contributed by atoms with Gasteiger partial charge in [-0.25, -0.2) is 0 Å². The van der Waals surface area contributed by atoms with Gasteiger partial charge in [0.25, 0.3) is 0 Å². The zero-order valence-corrected chi connectivity index (χ0v) is 11.8. The number of amides is 1. The molecule has 2 unspecified atom stereocenters. The Labute approximate surface area is 113 Å². The molecule has 100 valence electrons. The van der Waals surface area contributed by atoms with Crippen LogP contribution in [0.2, 0.25) is 0 Å². The molecular formula is C14H22N2OS. The Morgan fingerprint density at radius 1 is 1.44 bits per heavy atom. The normalized spacial score (nSPS) is 22.8. The van der Waals surface area contributed by atoms with Gasteiger partial charge in [-0.2, -0.15) is 11.3 Å². The van der Waals surface area contributed by atoms with Crippen molar-refractivity contribution in [3.8, 4) is 0 Å². The molecule has 1 aromatic rings. The van der Waals surface area contributed by atoms with Crippen LogP contribution in [0, 0.1) is 0 Å². The Balaban J connectivity index is 1.86. The van der Waals surface area contributed by atoms with Gasteiger partial charge in [0.2, 0.25) is 5.91 Å². The van der Waals surface area contributed by atoms with Crippen LogP contribution >= 0.6 is 11.3 Å². The van der Waals surface area contributed by atoms with Crippen molar-refractivity contribution in [2.45, 2.75) is 51.1 Å². The summed E-state index contributed by atoms with van der Waals surface area (Å²) < 4.78 is 0. The fourth-order valence-corrected chi connectivity index (χ4v) is 3.10. The second-order valence-electron chi connectivity index (χ2n) is 5.00. The van der Waals surface area contributed by atoms with Gasteiger partial charge in [-0.05, 0) is 48.7 Å². The molecule has 3 nitrogen and oxygen atoms in total. The highest BCUT2D eigenvalue weighted by Crippen LogP contribution is 2.16. The molecule has 2 rings (SSSR count). The Bertz CT molecular complexity index is 356. The lowest BCUT2D eigenvalue weighted by Gasteiger charge is -2.22. The molecule has 0 aromatic carbocycles. The summed E-state index contributed by atoms with van der Waals surface area (Å²) in [6.07, 6.45) is 5.84. The molecule has 4 heteroatoms. The highest BCUT2D eigenvalue weighted by atomic mass is 32.1. The third kappa shape index (κ3) is 3.82. The number of nitrogens with one attached hydrogen (secondary N) is 2. The lowest BCUT2D eigenvalue weighted by molar-refractivity contribution is -0.124. The molecular weight excluding hydrogens is 244 g/mol. The van der Waals surface area contributed by atoms with E-state index < -0.39 is 0 Å². The van der Waals surface area contributed by atoms with Gasteiger partial charge in [-0.1, -0.05) is 19.3 Å². The van der Waals surface area contributed by atoms with Crippen LogP contribution in [0.15, 0.2) is 16.8 Å². The Hall–Kier alpha value is -0.870. The minimum Gasteiger partial charge on any atom is -0.348 e. The van der Waals surface area contributed by atoms with E-state index in [1.807, 2.05) is 12.3 Å². The summed E-state index contributed by atoms with van der Waals surface area (Å²) in [4.78, 5) is 12.2. The fraction of sp³-hybridized carbons (Fsp3) is 0.643. The molecule has 18 heavy (non-hydrogen) atoms.